The molecule has 1 saturated heterocycles. The van der Waals surface area contributed by atoms with Crippen molar-refractivity contribution in [2.75, 3.05) is 30.8 Å². The van der Waals surface area contributed by atoms with Gasteiger partial charge in [-0.05, 0) is 42.8 Å². The van der Waals surface area contributed by atoms with Crippen molar-refractivity contribution in [2.24, 2.45) is 0 Å². The third kappa shape index (κ3) is 3.40. The zero-order valence-corrected chi connectivity index (χ0v) is 16.6. The maximum absolute atomic E-state index is 6.08. The number of anilines is 2. The first-order valence-electron chi connectivity index (χ1n) is 10.1. The van der Waals surface area contributed by atoms with E-state index < -0.39 is 0 Å². The first kappa shape index (κ1) is 17.9. The van der Waals surface area contributed by atoms with Gasteiger partial charge in [0.2, 0.25) is 5.95 Å². The van der Waals surface area contributed by atoms with E-state index in [1.807, 2.05) is 31.3 Å². The number of rotatable bonds is 5. The quantitative estimate of drug-likeness (QED) is 0.548. The highest BCUT2D eigenvalue weighted by atomic mass is 16.5. The van der Waals surface area contributed by atoms with Gasteiger partial charge in [-0.3, -0.25) is 0 Å². The number of fused-ring (bicyclic) bond motifs is 3. The Morgan fingerprint density at radius 3 is 2.83 bits per heavy atom. The zero-order chi connectivity index (χ0) is 19.8. The van der Waals surface area contributed by atoms with Gasteiger partial charge in [0, 0.05) is 36.7 Å². The molecule has 5 rings (SSSR count). The van der Waals surface area contributed by atoms with E-state index in [1.165, 1.54) is 11.1 Å². The predicted octanol–water partition coefficient (Wildman–Crippen LogP) is 3.01. The minimum atomic E-state index is 0.337. The van der Waals surface area contributed by atoms with Crippen LogP contribution in [0.3, 0.4) is 0 Å². The van der Waals surface area contributed by atoms with Gasteiger partial charge in [0.25, 0.3) is 0 Å². The fraction of sp³-hybridized carbons (Fsp3) is 0.304. The van der Waals surface area contributed by atoms with Crippen molar-refractivity contribution in [2.45, 2.75) is 25.5 Å². The summed E-state index contributed by atoms with van der Waals surface area (Å²) < 4.78 is 6.02. The molecule has 3 aromatic rings. The van der Waals surface area contributed by atoms with E-state index >= 15 is 0 Å². The minimum Gasteiger partial charge on any atom is -0.489 e. The van der Waals surface area contributed by atoms with Gasteiger partial charge in [-0.2, -0.15) is 4.98 Å². The predicted molar refractivity (Wildman–Crippen MR) is 115 cm³/mol. The van der Waals surface area contributed by atoms with Crippen molar-refractivity contribution in [3.05, 3.63) is 65.2 Å². The molecule has 29 heavy (non-hydrogen) atoms. The van der Waals surface area contributed by atoms with E-state index in [-0.39, 0.29) is 0 Å². The monoisotopic (exact) mass is 387 g/mol. The van der Waals surface area contributed by atoms with Crippen LogP contribution in [0.25, 0.3) is 11.3 Å². The number of nitrogen functional groups attached to an aromatic ring is 1. The smallest absolute Gasteiger partial charge is 0.222 e. The molecule has 1 atom stereocenters. The van der Waals surface area contributed by atoms with Crippen molar-refractivity contribution < 1.29 is 4.74 Å². The van der Waals surface area contributed by atoms with Gasteiger partial charge in [0.1, 0.15) is 18.2 Å². The lowest BCUT2D eigenvalue weighted by molar-refractivity contribution is 0.306. The number of hydrogen-bond donors (Lipinski definition) is 2. The molecule has 2 aromatic carbocycles. The van der Waals surface area contributed by atoms with E-state index in [0.29, 0.717) is 18.6 Å². The molecule has 6 nitrogen and oxygen atoms in total. The van der Waals surface area contributed by atoms with E-state index in [1.54, 1.807) is 0 Å². The Kier molecular flexibility index (Phi) is 4.56. The third-order valence-corrected chi connectivity index (χ3v) is 5.85. The van der Waals surface area contributed by atoms with Crippen molar-refractivity contribution in [3.63, 3.8) is 0 Å². The molecule has 0 amide bonds. The zero-order valence-electron chi connectivity index (χ0n) is 16.6. The van der Waals surface area contributed by atoms with Crippen LogP contribution in [-0.4, -0.2) is 36.1 Å². The number of nitrogens with one attached hydrogen (secondary N) is 1. The fourth-order valence-electron chi connectivity index (χ4n) is 4.29. The van der Waals surface area contributed by atoms with Crippen LogP contribution in [-0.2, 0) is 13.0 Å². The van der Waals surface area contributed by atoms with Crippen molar-refractivity contribution in [1.82, 2.24) is 15.3 Å². The molecule has 0 bridgehead atoms. The molecule has 1 aromatic heterocycles. The maximum Gasteiger partial charge on any atom is 0.222 e. The summed E-state index contributed by atoms with van der Waals surface area (Å²) in [6.45, 7) is 2.49. The summed E-state index contributed by atoms with van der Waals surface area (Å²) in [5, 5.41) is 3.37. The normalized spacial score (nSPS) is 17.3. The van der Waals surface area contributed by atoms with Crippen LogP contribution in [0.4, 0.5) is 11.8 Å². The van der Waals surface area contributed by atoms with E-state index in [0.717, 1.165) is 54.3 Å². The van der Waals surface area contributed by atoms with Crippen molar-refractivity contribution in [1.29, 1.82) is 0 Å². The van der Waals surface area contributed by atoms with Crippen LogP contribution in [0, 0.1) is 0 Å². The number of benzene rings is 2. The Hall–Kier alpha value is -3.12. The topological polar surface area (TPSA) is 76.3 Å². The number of nitrogens with zero attached hydrogens (tertiary/aromatic N) is 3. The van der Waals surface area contributed by atoms with E-state index in [2.05, 4.69) is 44.5 Å². The number of hydrogen-bond acceptors (Lipinski definition) is 6. The van der Waals surface area contributed by atoms with Gasteiger partial charge >= 0.3 is 0 Å². The van der Waals surface area contributed by atoms with Gasteiger partial charge in [-0.1, -0.05) is 30.3 Å². The number of nitrogens with two attached hydrogens (primary N) is 1. The Bertz CT molecular complexity index is 1040. The lowest BCUT2D eigenvalue weighted by Gasteiger charge is -2.20. The van der Waals surface area contributed by atoms with Crippen LogP contribution in [0.1, 0.15) is 23.1 Å². The SMILES string of the molecule is CNC1CCN(c2nc(N)nc3c2Cc2cc(OCc4ccccc4)ccc2-3)C1. The average Bonchev–Trinajstić information content (AvgIpc) is 3.37. The van der Waals surface area contributed by atoms with Crippen LogP contribution in [0.2, 0.25) is 0 Å². The summed E-state index contributed by atoms with van der Waals surface area (Å²) in [5.74, 6) is 2.19. The molecule has 1 unspecified atom stereocenters. The Balaban J connectivity index is 1.41. The van der Waals surface area contributed by atoms with Gasteiger partial charge in [0.15, 0.2) is 0 Å². The highest BCUT2D eigenvalue weighted by Crippen LogP contribution is 2.41. The third-order valence-electron chi connectivity index (χ3n) is 5.85. The van der Waals surface area contributed by atoms with Gasteiger partial charge in [0.05, 0.1) is 5.69 Å². The first-order chi connectivity index (χ1) is 14.2. The second-order valence-electron chi connectivity index (χ2n) is 7.72. The van der Waals surface area contributed by atoms with E-state index in [4.69, 9.17) is 10.5 Å². The lowest BCUT2D eigenvalue weighted by atomic mass is 10.1. The van der Waals surface area contributed by atoms with Crippen molar-refractivity contribution in [3.8, 4) is 17.0 Å². The van der Waals surface area contributed by atoms with Crippen LogP contribution < -0.4 is 20.7 Å². The first-order valence-corrected chi connectivity index (χ1v) is 10.1. The van der Waals surface area contributed by atoms with Gasteiger partial charge in [-0.25, -0.2) is 4.98 Å². The van der Waals surface area contributed by atoms with Crippen LogP contribution in [0.5, 0.6) is 5.75 Å². The summed E-state index contributed by atoms with van der Waals surface area (Å²) in [6, 6.07) is 16.9. The summed E-state index contributed by atoms with van der Waals surface area (Å²) >= 11 is 0. The van der Waals surface area contributed by atoms with E-state index in [9.17, 15) is 0 Å². The summed E-state index contributed by atoms with van der Waals surface area (Å²) in [6.07, 6.45) is 1.92. The number of ether oxygens (including phenoxy) is 1. The van der Waals surface area contributed by atoms with Crippen LogP contribution in [0.15, 0.2) is 48.5 Å². The fourth-order valence-corrected chi connectivity index (χ4v) is 4.29. The molecule has 0 spiro atoms. The summed E-state index contributed by atoms with van der Waals surface area (Å²) in [4.78, 5) is 11.5. The largest absolute Gasteiger partial charge is 0.489 e. The highest BCUT2D eigenvalue weighted by molar-refractivity contribution is 5.79. The molecule has 0 saturated carbocycles. The molecule has 6 heteroatoms. The molecule has 148 valence electrons. The molecular weight excluding hydrogens is 362 g/mol. The minimum absolute atomic E-state index is 0.337. The molecule has 0 radical (unpaired) electrons. The van der Waals surface area contributed by atoms with Gasteiger partial charge in [-0.15, -0.1) is 0 Å². The molecular formula is C23H25N5O. The molecule has 2 heterocycles. The summed E-state index contributed by atoms with van der Waals surface area (Å²) in [5.41, 5.74) is 11.7. The average molecular weight is 387 g/mol. The number of aromatic nitrogens is 2. The Labute approximate surface area is 170 Å². The molecule has 1 aliphatic carbocycles. The molecule has 2 aliphatic rings. The van der Waals surface area contributed by atoms with Gasteiger partial charge < -0.3 is 20.7 Å². The highest BCUT2D eigenvalue weighted by Gasteiger charge is 2.30. The molecule has 3 N–H and O–H groups in total. The second kappa shape index (κ2) is 7.37. The lowest BCUT2D eigenvalue weighted by Crippen LogP contribution is -2.30. The van der Waals surface area contributed by atoms with Crippen molar-refractivity contribution >= 4 is 11.8 Å². The molecule has 1 fully saturated rings. The standard InChI is InChI=1S/C23H25N5O/c1-25-17-9-10-28(13-17)22-20-12-16-11-18(29-14-15-5-3-2-4-6-15)7-8-19(16)21(20)26-23(24)27-22/h2-8,11,17,25H,9-10,12-14H2,1H3,(H2,24,26,27). The Morgan fingerprint density at radius 1 is 1.17 bits per heavy atom. The second-order valence-corrected chi connectivity index (χ2v) is 7.72. The maximum atomic E-state index is 6.08. The Morgan fingerprint density at radius 2 is 2.03 bits per heavy atom. The summed E-state index contributed by atoms with van der Waals surface area (Å²) in [7, 11) is 2.01. The van der Waals surface area contributed by atoms with Crippen LogP contribution >= 0.6 is 0 Å². The number of likely N-dealkylation sites (N-methyl/N-ethyl adjacent to an activating group) is 1. The molecule has 1 aliphatic heterocycles.